The third-order valence-electron chi connectivity index (χ3n) is 3.74. The van der Waals surface area contributed by atoms with E-state index in [4.69, 9.17) is 23.2 Å². The van der Waals surface area contributed by atoms with E-state index in [1.165, 1.54) is 38.5 Å². The molecule has 1 saturated carbocycles. The van der Waals surface area contributed by atoms with Gasteiger partial charge in [0.1, 0.15) is 5.82 Å². The van der Waals surface area contributed by atoms with E-state index >= 15 is 0 Å². The van der Waals surface area contributed by atoms with Crippen molar-refractivity contribution in [3.8, 4) is 0 Å². The number of halogens is 2. The van der Waals surface area contributed by atoms with Crippen LogP contribution in [0.25, 0.3) is 0 Å². The summed E-state index contributed by atoms with van der Waals surface area (Å²) in [6, 6.07) is 2.49. The summed E-state index contributed by atoms with van der Waals surface area (Å²) in [4.78, 5) is 6.71. The number of alkyl halides is 1. The Morgan fingerprint density at radius 2 is 1.94 bits per heavy atom. The Balaban J connectivity index is 2.14. The molecule has 1 aromatic heterocycles. The van der Waals surface area contributed by atoms with E-state index in [-0.39, 0.29) is 0 Å². The lowest BCUT2D eigenvalue weighted by atomic mass is 10.1. The molecular weight excluding hydrogens is 267 g/mol. The zero-order valence-corrected chi connectivity index (χ0v) is 12.3. The maximum absolute atomic E-state index is 6.30. The van der Waals surface area contributed by atoms with Crippen LogP contribution in [0.4, 0.5) is 5.82 Å². The van der Waals surface area contributed by atoms with Gasteiger partial charge in [-0.25, -0.2) is 4.98 Å². The van der Waals surface area contributed by atoms with Gasteiger partial charge in [0.15, 0.2) is 0 Å². The second kappa shape index (κ2) is 6.63. The Kier molecular flexibility index (Phi) is 5.13. The zero-order valence-electron chi connectivity index (χ0n) is 10.8. The van der Waals surface area contributed by atoms with Crippen molar-refractivity contribution < 1.29 is 0 Å². The molecule has 0 amide bonds. The smallest absolute Gasteiger partial charge is 0.147 e. The molecule has 0 saturated heterocycles. The quantitative estimate of drug-likeness (QED) is 0.595. The largest absolute Gasteiger partial charge is 0.355 e. The van der Waals surface area contributed by atoms with Crippen LogP contribution in [0, 0.1) is 0 Å². The van der Waals surface area contributed by atoms with Crippen molar-refractivity contribution in [3.63, 3.8) is 0 Å². The lowest BCUT2D eigenvalue weighted by Gasteiger charge is -2.29. The summed E-state index contributed by atoms with van der Waals surface area (Å²) in [5.74, 6) is 1.34. The molecule has 0 unspecified atom stereocenters. The van der Waals surface area contributed by atoms with Gasteiger partial charge in [0, 0.05) is 25.2 Å². The predicted octanol–water partition coefficient (Wildman–Crippen LogP) is 4.63. The molecule has 18 heavy (non-hydrogen) atoms. The first-order valence-corrected chi connectivity index (χ1v) is 7.57. The van der Waals surface area contributed by atoms with Crippen molar-refractivity contribution in [2.45, 2.75) is 50.4 Å². The SMILES string of the molecule is CN(c1ncc(CCl)cc1Cl)C1CCCCCC1. The number of hydrogen-bond acceptors (Lipinski definition) is 2. The Morgan fingerprint density at radius 3 is 2.50 bits per heavy atom. The number of rotatable bonds is 3. The topological polar surface area (TPSA) is 16.1 Å². The van der Waals surface area contributed by atoms with Crippen LogP contribution in [-0.2, 0) is 5.88 Å². The molecule has 0 atom stereocenters. The molecule has 1 aliphatic carbocycles. The lowest BCUT2D eigenvalue weighted by molar-refractivity contribution is 0.549. The fourth-order valence-electron chi connectivity index (χ4n) is 2.62. The Morgan fingerprint density at radius 1 is 1.28 bits per heavy atom. The summed E-state index contributed by atoms with van der Waals surface area (Å²) in [6.07, 6.45) is 9.64. The van der Waals surface area contributed by atoms with Crippen molar-refractivity contribution in [3.05, 3.63) is 22.8 Å². The van der Waals surface area contributed by atoms with Gasteiger partial charge >= 0.3 is 0 Å². The third kappa shape index (κ3) is 3.30. The van der Waals surface area contributed by atoms with Gasteiger partial charge in [-0.3, -0.25) is 0 Å². The monoisotopic (exact) mass is 286 g/mol. The molecule has 0 aliphatic heterocycles. The number of hydrogen-bond donors (Lipinski definition) is 0. The van der Waals surface area contributed by atoms with Crippen LogP contribution in [0.2, 0.25) is 5.02 Å². The molecule has 0 spiro atoms. The van der Waals surface area contributed by atoms with E-state index < -0.39 is 0 Å². The molecule has 1 fully saturated rings. The van der Waals surface area contributed by atoms with E-state index in [1.807, 2.05) is 12.3 Å². The summed E-state index contributed by atoms with van der Waals surface area (Å²) in [5.41, 5.74) is 0.972. The highest BCUT2D eigenvalue weighted by molar-refractivity contribution is 6.33. The van der Waals surface area contributed by atoms with Crippen molar-refractivity contribution in [2.75, 3.05) is 11.9 Å². The molecule has 1 aliphatic rings. The summed E-state index contributed by atoms with van der Waals surface area (Å²) >= 11 is 12.1. The van der Waals surface area contributed by atoms with E-state index in [2.05, 4.69) is 16.9 Å². The van der Waals surface area contributed by atoms with Gasteiger partial charge in [-0.05, 0) is 24.5 Å². The van der Waals surface area contributed by atoms with Crippen molar-refractivity contribution >= 4 is 29.0 Å². The molecule has 0 aromatic carbocycles. The Hall–Kier alpha value is -0.470. The van der Waals surface area contributed by atoms with Crippen molar-refractivity contribution in [2.24, 2.45) is 0 Å². The average molecular weight is 287 g/mol. The van der Waals surface area contributed by atoms with Crippen molar-refractivity contribution in [1.29, 1.82) is 0 Å². The molecule has 4 heteroatoms. The summed E-state index contributed by atoms with van der Waals surface area (Å²) < 4.78 is 0. The highest BCUT2D eigenvalue weighted by Gasteiger charge is 2.20. The van der Waals surface area contributed by atoms with Gasteiger partial charge in [0.05, 0.1) is 5.02 Å². The van der Waals surface area contributed by atoms with Gasteiger partial charge in [-0.2, -0.15) is 0 Å². The van der Waals surface area contributed by atoms with E-state index in [9.17, 15) is 0 Å². The fraction of sp³-hybridized carbons (Fsp3) is 0.643. The summed E-state index contributed by atoms with van der Waals surface area (Å²) in [7, 11) is 2.10. The molecule has 2 nitrogen and oxygen atoms in total. The first-order valence-electron chi connectivity index (χ1n) is 6.65. The van der Waals surface area contributed by atoms with Gasteiger partial charge in [-0.15, -0.1) is 11.6 Å². The predicted molar refractivity (Wildman–Crippen MR) is 78.7 cm³/mol. The summed E-state index contributed by atoms with van der Waals surface area (Å²) in [5, 5.41) is 0.708. The number of aromatic nitrogens is 1. The minimum atomic E-state index is 0.458. The second-order valence-corrected chi connectivity index (χ2v) is 5.71. The molecule has 1 heterocycles. The Bertz CT molecular complexity index is 387. The Labute approximate surface area is 119 Å². The maximum atomic E-state index is 6.30. The zero-order chi connectivity index (χ0) is 13.0. The van der Waals surface area contributed by atoms with Crippen LogP contribution in [0.3, 0.4) is 0 Å². The normalized spacial score (nSPS) is 17.5. The molecule has 100 valence electrons. The van der Waals surface area contributed by atoms with Crippen LogP contribution in [0.5, 0.6) is 0 Å². The molecule has 0 bridgehead atoms. The lowest BCUT2D eigenvalue weighted by Crippen LogP contribution is -2.32. The first-order chi connectivity index (χ1) is 8.72. The average Bonchev–Trinajstić information content (AvgIpc) is 2.66. The third-order valence-corrected chi connectivity index (χ3v) is 4.33. The first kappa shape index (κ1) is 14.0. The molecule has 2 rings (SSSR count). The number of pyridine rings is 1. The van der Waals surface area contributed by atoms with E-state index in [0.29, 0.717) is 16.9 Å². The van der Waals surface area contributed by atoms with Gasteiger partial charge in [0.25, 0.3) is 0 Å². The van der Waals surface area contributed by atoms with Gasteiger partial charge in [0.2, 0.25) is 0 Å². The summed E-state index contributed by atoms with van der Waals surface area (Å²) in [6.45, 7) is 0. The highest BCUT2D eigenvalue weighted by Crippen LogP contribution is 2.29. The minimum absolute atomic E-state index is 0.458. The van der Waals surface area contributed by atoms with Crippen LogP contribution in [0.15, 0.2) is 12.3 Å². The highest BCUT2D eigenvalue weighted by atomic mass is 35.5. The number of nitrogens with zero attached hydrogens (tertiary/aromatic N) is 2. The second-order valence-electron chi connectivity index (χ2n) is 5.04. The van der Waals surface area contributed by atoms with Crippen molar-refractivity contribution in [1.82, 2.24) is 4.98 Å². The minimum Gasteiger partial charge on any atom is -0.355 e. The molecular formula is C14H20Cl2N2. The van der Waals surface area contributed by atoms with Crippen LogP contribution in [0.1, 0.15) is 44.1 Å². The fourth-order valence-corrected chi connectivity index (χ4v) is 3.09. The van der Waals surface area contributed by atoms with Crippen LogP contribution in [-0.4, -0.2) is 18.1 Å². The van der Waals surface area contributed by atoms with E-state index in [1.54, 1.807) is 0 Å². The van der Waals surface area contributed by atoms with Crippen LogP contribution < -0.4 is 4.90 Å². The molecule has 0 radical (unpaired) electrons. The standard InChI is InChI=1S/C14H20Cl2N2/c1-18(12-6-4-2-3-5-7-12)14-13(16)8-11(9-15)10-17-14/h8,10,12H,2-7,9H2,1H3. The van der Waals surface area contributed by atoms with Gasteiger partial charge < -0.3 is 4.90 Å². The molecule has 1 aromatic rings. The van der Waals surface area contributed by atoms with Gasteiger partial charge in [-0.1, -0.05) is 37.3 Å². The van der Waals surface area contributed by atoms with Crippen LogP contribution >= 0.6 is 23.2 Å². The van der Waals surface area contributed by atoms with E-state index in [0.717, 1.165) is 11.4 Å². The molecule has 0 N–H and O–H groups in total. The maximum Gasteiger partial charge on any atom is 0.147 e. The number of anilines is 1.